The minimum atomic E-state index is -1.30. The van der Waals surface area contributed by atoms with Gasteiger partial charge in [0.15, 0.2) is 0 Å². The van der Waals surface area contributed by atoms with Gasteiger partial charge in [0.05, 0.1) is 12.1 Å². The summed E-state index contributed by atoms with van der Waals surface area (Å²) in [4.78, 5) is 26.7. The minimum absolute atomic E-state index is 0.155. The normalized spacial score (nSPS) is 39.4. The lowest BCUT2D eigenvalue weighted by Gasteiger charge is -2.57. The average molecular weight is 401 g/mol. The Labute approximate surface area is 165 Å². The number of carbonyl (C=O) groups is 2. The van der Waals surface area contributed by atoms with E-state index in [1.54, 1.807) is 34.6 Å². The molecular weight excluding hydrogens is 370 g/mol. The molecule has 0 bridgehead atoms. The molecule has 5 atom stereocenters. The van der Waals surface area contributed by atoms with Crippen LogP contribution in [0.3, 0.4) is 0 Å². The molecule has 1 aliphatic carbocycles. The molecular formula is C19H31NO8. The van der Waals surface area contributed by atoms with Crippen LogP contribution in [-0.2, 0) is 28.5 Å². The molecule has 0 aromatic rings. The van der Waals surface area contributed by atoms with Crippen molar-refractivity contribution in [3.8, 4) is 0 Å². The third-order valence-corrected chi connectivity index (χ3v) is 6.16. The van der Waals surface area contributed by atoms with Gasteiger partial charge in [-0.15, -0.1) is 0 Å². The molecule has 9 heteroatoms. The minimum Gasteiger partial charge on any atom is -0.481 e. The predicted molar refractivity (Wildman–Crippen MR) is 96.6 cm³/mol. The SMILES string of the molecule is CO[C@@]1(C)O[C@@H]2[C@@H](C(=O)O)C3(CC3)N(C(=O)OC(C)(C)C)C[C@H]2O[C@]1(C)OC. The predicted octanol–water partition coefficient (Wildman–Crippen LogP) is 1.98. The number of carboxylic acids is 1. The van der Waals surface area contributed by atoms with Crippen LogP contribution in [0.4, 0.5) is 4.79 Å². The zero-order valence-electron chi connectivity index (χ0n) is 17.6. The molecule has 1 N–H and O–H groups in total. The van der Waals surface area contributed by atoms with E-state index in [1.165, 1.54) is 19.1 Å². The number of methoxy groups -OCH3 is 2. The van der Waals surface area contributed by atoms with E-state index in [2.05, 4.69) is 0 Å². The van der Waals surface area contributed by atoms with Crippen LogP contribution in [0, 0.1) is 5.92 Å². The third kappa shape index (κ3) is 3.18. The summed E-state index contributed by atoms with van der Waals surface area (Å²) >= 11 is 0. The number of hydrogen-bond donors (Lipinski definition) is 1. The fourth-order valence-electron chi connectivity index (χ4n) is 4.28. The van der Waals surface area contributed by atoms with Crippen LogP contribution in [0.25, 0.3) is 0 Å². The highest BCUT2D eigenvalue weighted by Crippen LogP contribution is 2.56. The van der Waals surface area contributed by atoms with Crippen molar-refractivity contribution in [2.24, 2.45) is 5.92 Å². The second-order valence-corrected chi connectivity index (χ2v) is 9.05. The number of carbonyl (C=O) groups excluding carboxylic acids is 1. The van der Waals surface area contributed by atoms with Crippen molar-refractivity contribution in [2.75, 3.05) is 20.8 Å². The van der Waals surface area contributed by atoms with Crippen LogP contribution in [0.2, 0.25) is 0 Å². The van der Waals surface area contributed by atoms with Gasteiger partial charge in [-0.25, -0.2) is 4.79 Å². The molecule has 3 fully saturated rings. The van der Waals surface area contributed by atoms with Crippen LogP contribution >= 0.6 is 0 Å². The van der Waals surface area contributed by atoms with Gasteiger partial charge in [0, 0.05) is 14.2 Å². The van der Waals surface area contributed by atoms with Gasteiger partial charge in [-0.3, -0.25) is 9.69 Å². The van der Waals surface area contributed by atoms with E-state index < -0.39 is 52.9 Å². The highest BCUT2D eigenvalue weighted by atomic mass is 16.8. The lowest BCUT2D eigenvalue weighted by atomic mass is 9.81. The second kappa shape index (κ2) is 6.55. The van der Waals surface area contributed by atoms with E-state index >= 15 is 0 Å². The molecule has 0 radical (unpaired) electrons. The molecule has 0 aromatic carbocycles. The zero-order valence-corrected chi connectivity index (χ0v) is 17.6. The Morgan fingerprint density at radius 1 is 1.07 bits per heavy atom. The van der Waals surface area contributed by atoms with E-state index in [0.29, 0.717) is 12.8 Å². The molecule has 9 nitrogen and oxygen atoms in total. The molecule has 1 spiro atoms. The Bertz CT molecular complexity index is 657. The van der Waals surface area contributed by atoms with Crippen molar-refractivity contribution < 1.29 is 38.4 Å². The largest absolute Gasteiger partial charge is 0.481 e. The van der Waals surface area contributed by atoms with Crippen LogP contribution in [0.5, 0.6) is 0 Å². The van der Waals surface area contributed by atoms with Crippen molar-refractivity contribution in [1.82, 2.24) is 4.90 Å². The number of hydrogen-bond acceptors (Lipinski definition) is 7. The zero-order chi connectivity index (χ0) is 21.1. The Morgan fingerprint density at radius 3 is 2.04 bits per heavy atom. The monoisotopic (exact) mass is 401 g/mol. The van der Waals surface area contributed by atoms with E-state index in [-0.39, 0.29) is 6.54 Å². The summed E-state index contributed by atoms with van der Waals surface area (Å²) in [5.74, 6) is -4.58. The van der Waals surface area contributed by atoms with Crippen LogP contribution < -0.4 is 0 Å². The Kier molecular flexibility index (Phi) is 4.98. The number of nitrogens with zero attached hydrogens (tertiary/aromatic N) is 1. The summed E-state index contributed by atoms with van der Waals surface area (Å²) in [6.45, 7) is 8.81. The fourth-order valence-corrected chi connectivity index (χ4v) is 4.28. The Hall–Kier alpha value is -1.42. The van der Waals surface area contributed by atoms with Crippen LogP contribution in [0.15, 0.2) is 0 Å². The summed E-state index contributed by atoms with van der Waals surface area (Å²) in [6, 6.07) is 0. The van der Waals surface area contributed by atoms with E-state index in [1.807, 2.05) is 0 Å². The van der Waals surface area contributed by atoms with Gasteiger partial charge in [0.2, 0.25) is 11.6 Å². The number of likely N-dealkylation sites (tertiary alicyclic amines) is 1. The van der Waals surface area contributed by atoms with Gasteiger partial charge >= 0.3 is 12.1 Å². The van der Waals surface area contributed by atoms with Gasteiger partial charge in [-0.2, -0.15) is 0 Å². The molecule has 1 amide bonds. The first-order valence-electron chi connectivity index (χ1n) is 9.52. The maximum atomic E-state index is 12.9. The Balaban J connectivity index is 1.98. The molecule has 1 saturated carbocycles. The smallest absolute Gasteiger partial charge is 0.410 e. The summed E-state index contributed by atoms with van der Waals surface area (Å²) < 4.78 is 28.9. The molecule has 2 aliphatic heterocycles. The van der Waals surface area contributed by atoms with E-state index in [4.69, 9.17) is 23.7 Å². The van der Waals surface area contributed by atoms with Crippen molar-refractivity contribution in [3.63, 3.8) is 0 Å². The quantitative estimate of drug-likeness (QED) is 0.766. The van der Waals surface area contributed by atoms with Gasteiger partial charge in [-0.1, -0.05) is 0 Å². The number of carboxylic acid groups (broad SMARTS) is 1. The van der Waals surface area contributed by atoms with E-state index in [0.717, 1.165) is 0 Å². The number of fused-ring (bicyclic) bond motifs is 1. The second-order valence-electron chi connectivity index (χ2n) is 9.05. The van der Waals surface area contributed by atoms with Gasteiger partial charge < -0.3 is 28.8 Å². The maximum absolute atomic E-state index is 12.9. The van der Waals surface area contributed by atoms with Crippen molar-refractivity contribution >= 4 is 12.1 Å². The van der Waals surface area contributed by atoms with Crippen molar-refractivity contribution in [1.29, 1.82) is 0 Å². The fraction of sp³-hybridized carbons (Fsp3) is 0.895. The topological polar surface area (TPSA) is 104 Å². The highest BCUT2D eigenvalue weighted by Gasteiger charge is 2.70. The number of ether oxygens (including phenoxy) is 5. The first-order chi connectivity index (χ1) is 12.8. The first kappa shape index (κ1) is 21.3. The van der Waals surface area contributed by atoms with Gasteiger partial charge in [-0.05, 0) is 47.5 Å². The summed E-state index contributed by atoms with van der Waals surface area (Å²) in [6.07, 6.45) is -0.889. The number of amides is 1. The molecule has 28 heavy (non-hydrogen) atoms. The standard InChI is InChI=1S/C19H31NO8/c1-16(2,3)28-15(23)20-10-11-13(12(14(21)22)19(20)8-9-19)27-18(5,25-7)17(4,24-6)26-11/h11-13H,8-10H2,1-7H3,(H,21,22)/t11-,12+,13+,17+,18+/m1/s1. The highest BCUT2D eigenvalue weighted by molar-refractivity contribution is 5.78. The molecule has 0 aromatic heterocycles. The first-order valence-corrected chi connectivity index (χ1v) is 9.52. The summed E-state index contributed by atoms with van der Waals surface area (Å²) in [5, 5.41) is 10.0. The molecule has 2 saturated heterocycles. The van der Waals surface area contributed by atoms with Gasteiger partial charge in [0.1, 0.15) is 23.7 Å². The molecule has 160 valence electrons. The molecule has 3 aliphatic rings. The molecule has 2 heterocycles. The van der Waals surface area contributed by atoms with Crippen molar-refractivity contribution in [2.45, 2.75) is 82.4 Å². The number of piperidine rings is 1. The van der Waals surface area contributed by atoms with Crippen LogP contribution in [0.1, 0.15) is 47.5 Å². The average Bonchev–Trinajstić information content (AvgIpc) is 3.34. The lowest BCUT2D eigenvalue weighted by molar-refractivity contribution is -0.457. The lowest BCUT2D eigenvalue weighted by Crippen LogP contribution is -2.74. The molecule has 3 rings (SSSR count). The summed E-state index contributed by atoms with van der Waals surface area (Å²) in [5.41, 5.74) is -1.53. The van der Waals surface area contributed by atoms with E-state index in [9.17, 15) is 14.7 Å². The van der Waals surface area contributed by atoms with Gasteiger partial charge in [0.25, 0.3) is 0 Å². The summed E-state index contributed by atoms with van der Waals surface area (Å²) in [7, 11) is 2.92. The number of aliphatic carboxylic acids is 1. The van der Waals surface area contributed by atoms with Crippen molar-refractivity contribution in [3.05, 3.63) is 0 Å². The molecule has 0 unspecified atom stereocenters. The third-order valence-electron chi connectivity index (χ3n) is 6.16. The number of rotatable bonds is 3. The van der Waals surface area contributed by atoms with Crippen LogP contribution in [-0.4, -0.2) is 77.8 Å². The maximum Gasteiger partial charge on any atom is 0.410 e. The Morgan fingerprint density at radius 2 is 1.61 bits per heavy atom.